The molecule has 1 aliphatic heterocycles. The fraction of sp³-hybridized carbons (Fsp3) is 0.263. The van der Waals surface area contributed by atoms with Gasteiger partial charge in [-0.25, -0.2) is 8.42 Å². The Labute approximate surface area is 162 Å². The molecule has 2 aromatic carbocycles. The Balaban J connectivity index is 1.69. The molecule has 142 valence electrons. The summed E-state index contributed by atoms with van der Waals surface area (Å²) in [5.41, 5.74) is 0.433. The molecular formula is C19H18ClNO5S. The quantitative estimate of drug-likeness (QED) is 0.543. The normalized spacial score (nSPS) is 17.6. The van der Waals surface area contributed by atoms with Gasteiger partial charge in [0.2, 0.25) is 10.0 Å². The third-order valence-electron chi connectivity index (χ3n) is 4.34. The van der Waals surface area contributed by atoms with E-state index < -0.39 is 28.6 Å². The number of rotatable bonds is 6. The Morgan fingerprint density at radius 2 is 1.74 bits per heavy atom. The maximum atomic E-state index is 12.8. The van der Waals surface area contributed by atoms with Crippen LogP contribution < -0.4 is 0 Å². The standard InChI is InChI=1S/C19H18ClNO5S/c20-15-8-10-16(11-9-15)27(24,25)21-12-4-7-17(21)19(23)26-13-18(22)14-5-2-1-3-6-14/h1-3,5-6,8-11,17H,4,7,12-13H2/t17-/m1/s1. The minimum absolute atomic E-state index is 0.0620. The van der Waals surface area contributed by atoms with Gasteiger partial charge in [0.05, 0.1) is 4.90 Å². The molecule has 2 aromatic rings. The van der Waals surface area contributed by atoms with E-state index >= 15 is 0 Å². The largest absolute Gasteiger partial charge is 0.456 e. The molecule has 27 heavy (non-hydrogen) atoms. The van der Waals surface area contributed by atoms with Crippen molar-refractivity contribution in [3.05, 3.63) is 65.2 Å². The third-order valence-corrected chi connectivity index (χ3v) is 6.51. The minimum atomic E-state index is -3.85. The van der Waals surface area contributed by atoms with Crippen molar-refractivity contribution < 1.29 is 22.7 Å². The zero-order valence-electron chi connectivity index (χ0n) is 14.4. The second kappa shape index (κ2) is 8.21. The van der Waals surface area contributed by atoms with E-state index in [-0.39, 0.29) is 17.2 Å². The molecular weight excluding hydrogens is 390 g/mol. The molecule has 1 saturated heterocycles. The number of hydrogen-bond acceptors (Lipinski definition) is 5. The van der Waals surface area contributed by atoms with Crippen molar-refractivity contribution in [2.45, 2.75) is 23.8 Å². The van der Waals surface area contributed by atoms with Crippen LogP contribution in [0.5, 0.6) is 0 Å². The van der Waals surface area contributed by atoms with Crippen molar-refractivity contribution in [2.75, 3.05) is 13.2 Å². The summed E-state index contributed by atoms with van der Waals surface area (Å²) in [5, 5.41) is 0.422. The van der Waals surface area contributed by atoms with Gasteiger partial charge in [0, 0.05) is 17.1 Å². The lowest BCUT2D eigenvalue weighted by atomic mass is 10.1. The molecule has 3 rings (SSSR count). The molecule has 0 spiro atoms. The molecule has 0 unspecified atom stereocenters. The number of hydrogen-bond donors (Lipinski definition) is 0. The number of benzene rings is 2. The summed E-state index contributed by atoms with van der Waals surface area (Å²) >= 11 is 5.81. The highest BCUT2D eigenvalue weighted by Crippen LogP contribution is 2.27. The topological polar surface area (TPSA) is 80.8 Å². The molecule has 0 aliphatic carbocycles. The molecule has 1 fully saturated rings. The summed E-state index contributed by atoms with van der Waals surface area (Å²) in [4.78, 5) is 24.6. The Kier molecular flexibility index (Phi) is 5.94. The summed E-state index contributed by atoms with van der Waals surface area (Å²) < 4.78 is 31.9. The van der Waals surface area contributed by atoms with Crippen molar-refractivity contribution in [3.8, 4) is 0 Å². The fourth-order valence-electron chi connectivity index (χ4n) is 2.95. The molecule has 0 aromatic heterocycles. The van der Waals surface area contributed by atoms with E-state index in [0.29, 0.717) is 23.4 Å². The Bertz CT molecular complexity index is 928. The molecule has 6 nitrogen and oxygen atoms in total. The molecule has 0 radical (unpaired) electrons. The van der Waals surface area contributed by atoms with Crippen LogP contribution in [0.2, 0.25) is 5.02 Å². The highest BCUT2D eigenvalue weighted by molar-refractivity contribution is 7.89. The van der Waals surface area contributed by atoms with Crippen molar-refractivity contribution >= 4 is 33.4 Å². The second-order valence-electron chi connectivity index (χ2n) is 6.12. The summed E-state index contributed by atoms with van der Waals surface area (Å²) in [5.74, 6) is -1.05. The zero-order valence-corrected chi connectivity index (χ0v) is 15.9. The van der Waals surface area contributed by atoms with E-state index in [4.69, 9.17) is 16.3 Å². The van der Waals surface area contributed by atoms with Gasteiger partial charge in [-0.2, -0.15) is 4.31 Å². The highest BCUT2D eigenvalue weighted by atomic mass is 35.5. The van der Waals surface area contributed by atoms with E-state index in [1.54, 1.807) is 30.3 Å². The summed E-state index contributed by atoms with van der Waals surface area (Å²) in [7, 11) is -3.85. The Morgan fingerprint density at radius 1 is 1.07 bits per heavy atom. The van der Waals surface area contributed by atoms with E-state index in [1.807, 2.05) is 0 Å². The minimum Gasteiger partial charge on any atom is -0.456 e. The molecule has 0 bridgehead atoms. The van der Waals surface area contributed by atoms with E-state index in [2.05, 4.69) is 0 Å². The number of esters is 1. The first-order valence-electron chi connectivity index (χ1n) is 8.42. The molecule has 1 atom stereocenters. The fourth-order valence-corrected chi connectivity index (χ4v) is 4.72. The molecule has 8 heteroatoms. The van der Waals surface area contributed by atoms with E-state index in [1.165, 1.54) is 24.3 Å². The van der Waals surface area contributed by atoms with Gasteiger partial charge in [0.15, 0.2) is 12.4 Å². The summed E-state index contributed by atoms with van der Waals surface area (Å²) in [6.45, 7) is -0.203. The molecule has 0 amide bonds. The third kappa shape index (κ3) is 4.37. The number of carbonyl (C=O) groups is 2. The van der Waals surface area contributed by atoms with Gasteiger partial charge in [-0.05, 0) is 37.1 Å². The van der Waals surface area contributed by atoms with Gasteiger partial charge < -0.3 is 4.74 Å². The van der Waals surface area contributed by atoms with Gasteiger partial charge in [-0.15, -0.1) is 0 Å². The Hall–Kier alpha value is -2.22. The number of nitrogens with zero attached hydrogens (tertiary/aromatic N) is 1. The number of carbonyl (C=O) groups excluding carboxylic acids is 2. The zero-order chi connectivity index (χ0) is 19.4. The molecule has 1 heterocycles. The predicted octanol–water partition coefficient (Wildman–Crippen LogP) is 2.92. The van der Waals surface area contributed by atoms with Crippen LogP contribution in [0.3, 0.4) is 0 Å². The van der Waals surface area contributed by atoms with Gasteiger partial charge in [0.25, 0.3) is 0 Å². The summed E-state index contributed by atoms with van der Waals surface area (Å²) in [6.07, 6.45) is 0.893. The highest BCUT2D eigenvalue weighted by Gasteiger charge is 2.40. The van der Waals surface area contributed by atoms with Crippen molar-refractivity contribution in [1.29, 1.82) is 0 Å². The van der Waals surface area contributed by atoms with Gasteiger partial charge >= 0.3 is 5.97 Å². The van der Waals surface area contributed by atoms with Gasteiger partial charge in [-0.1, -0.05) is 41.9 Å². The van der Waals surface area contributed by atoms with Crippen LogP contribution >= 0.6 is 11.6 Å². The number of halogens is 1. The first-order valence-corrected chi connectivity index (χ1v) is 10.2. The first kappa shape index (κ1) is 19.5. The first-order chi connectivity index (χ1) is 12.9. The lowest BCUT2D eigenvalue weighted by Gasteiger charge is -2.22. The lowest BCUT2D eigenvalue weighted by Crippen LogP contribution is -2.41. The van der Waals surface area contributed by atoms with Crippen LogP contribution in [-0.4, -0.2) is 43.7 Å². The Morgan fingerprint density at radius 3 is 2.41 bits per heavy atom. The monoisotopic (exact) mass is 407 g/mol. The van der Waals surface area contributed by atoms with Crippen molar-refractivity contribution in [3.63, 3.8) is 0 Å². The van der Waals surface area contributed by atoms with Crippen LogP contribution in [0.4, 0.5) is 0 Å². The van der Waals surface area contributed by atoms with Crippen LogP contribution in [0, 0.1) is 0 Å². The van der Waals surface area contributed by atoms with Gasteiger partial charge in [-0.3, -0.25) is 9.59 Å². The maximum Gasteiger partial charge on any atom is 0.324 e. The average molecular weight is 408 g/mol. The van der Waals surface area contributed by atoms with Crippen molar-refractivity contribution in [1.82, 2.24) is 4.31 Å². The predicted molar refractivity (Wildman–Crippen MR) is 100 cm³/mol. The van der Waals surface area contributed by atoms with E-state index in [9.17, 15) is 18.0 Å². The van der Waals surface area contributed by atoms with Crippen molar-refractivity contribution in [2.24, 2.45) is 0 Å². The van der Waals surface area contributed by atoms with Crippen LogP contribution in [0.25, 0.3) is 0 Å². The summed E-state index contributed by atoms with van der Waals surface area (Å²) in [6, 6.07) is 13.3. The number of sulfonamides is 1. The smallest absolute Gasteiger partial charge is 0.324 e. The van der Waals surface area contributed by atoms with Crippen LogP contribution in [-0.2, 0) is 19.6 Å². The molecule has 0 saturated carbocycles. The second-order valence-corrected chi connectivity index (χ2v) is 8.45. The number of ether oxygens (including phenoxy) is 1. The lowest BCUT2D eigenvalue weighted by molar-refractivity contribution is -0.146. The average Bonchev–Trinajstić information content (AvgIpc) is 3.18. The number of ketones is 1. The van der Waals surface area contributed by atoms with Gasteiger partial charge in [0.1, 0.15) is 6.04 Å². The van der Waals surface area contributed by atoms with Crippen LogP contribution in [0.15, 0.2) is 59.5 Å². The SMILES string of the molecule is O=C(COC(=O)[C@H]1CCCN1S(=O)(=O)c1ccc(Cl)cc1)c1ccccc1. The van der Waals surface area contributed by atoms with Crippen LogP contribution in [0.1, 0.15) is 23.2 Å². The maximum absolute atomic E-state index is 12.8. The van der Waals surface area contributed by atoms with E-state index in [0.717, 1.165) is 4.31 Å². The molecule has 1 aliphatic rings. The number of Topliss-reactive ketones (excluding diaryl/α,β-unsaturated/α-hetero) is 1. The molecule has 0 N–H and O–H groups in total.